The van der Waals surface area contributed by atoms with Crippen LogP contribution in [0.5, 0.6) is 0 Å². The second-order valence-corrected chi connectivity index (χ2v) is 8.15. The highest BCUT2D eigenvalue weighted by molar-refractivity contribution is 8.18. The van der Waals surface area contributed by atoms with Crippen molar-refractivity contribution in [2.24, 2.45) is 4.99 Å². The maximum absolute atomic E-state index is 14.3. The minimum atomic E-state index is -0.473. The van der Waals surface area contributed by atoms with Crippen molar-refractivity contribution in [2.75, 3.05) is 0 Å². The molecule has 0 unspecified atom stereocenters. The summed E-state index contributed by atoms with van der Waals surface area (Å²) in [5.74, 6) is -0.704. The molecule has 150 valence electrons. The van der Waals surface area contributed by atoms with E-state index in [1.54, 1.807) is 11.0 Å². The van der Waals surface area contributed by atoms with Crippen LogP contribution in [0.3, 0.4) is 0 Å². The van der Waals surface area contributed by atoms with Crippen LogP contribution in [0, 0.1) is 5.82 Å². The topological polar surface area (TPSA) is 32.7 Å². The van der Waals surface area contributed by atoms with Crippen LogP contribution in [0.15, 0.2) is 88.8 Å². The Hall–Kier alpha value is -2.89. The molecule has 1 saturated heterocycles. The fourth-order valence-corrected chi connectivity index (χ4v) is 4.45. The van der Waals surface area contributed by atoms with Crippen molar-refractivity contribution < 1.29 is 9.18 Å². The molecule has 6 heteroatoms. The first-order valence-electron chi connectivity index (χ1n) is 9.40. The Morgan fingerprint density at radius 3 is 2.33 bits per heavy atom. The number of amides is 1. The molecule has 4 rings (SSSR count). The number of benzene rings is 3. The van der Waals surface area contributed by atoms with Crippen molar-refractivity contribution in [1.29, 1.82) is 0 Å². The highest BCUT2D eigenvalue weighted by atomic mass is 35.5. The first-order valence-corrected chi connectivity index (χ1v) is 10.6. The molecule has 0 saturated carbocycles. The smallest absolute Gasteiger partial charge is 0.267 e. The molecule has 3 aromatic rings. The molecular formula is C24H18ClFN2OS. The lowest BCUT2D eigenvalue weighted by atomic mass is 10.1. The second-order valence-electron chi connectivity index (χ2n) is 6.74. The van der Waals surface area contributed by atoms with E-state index in [-0.39, 0.29) is 22.5 Å². The largest absolute Gasteiger partial charge is 0.279 e. The predicted molar refractivity (Wildman–Crippen MR) is 122 cm³/mol. The molecule has 3 aromatic carbocycles. The average Bonchev–Trinajstić information content (AvgIpc) is 3.06. The van der Waals surface area contributed by atoms with Crippen molar-refractivity contribution in [3.8, 4) is 0 Å². The van der Waals surface area contributed by atoms with Crippen molar-refractivity contribution >= 4 is 46.2 Å². The summed E-state index contributed by atoms with van der Waals surface area (Å²) in [7, 11) is 0. The minimum Gasteiger partial charge on any atom is -0.279 e. The zero-order valence-electron chi connectivity index (χ0n) is 16.1. The molecule has 0 aliphatic carbocycles. The number of aliphatic imine (C=N–C) groups is 1. The Labute approximate surface area is 183 Å². The van der Waals surface area contributed by atoms with Crippen molar-refractivity contribution in [3.05, 3.63) is 106 Å². The Kier molecular flexibility index (Phi) is 6.02. The maximum Gasteiger partial charge on any atom is 0.267 e. The molecule has 0 spiro atoms. The van der Waals surface area contributed by atoms with Crippen LogP contribution < -0.4 is 0 Å². The summed E-state index contributed by atoms with van der Waals surface area (Å²) in [5.41, 5.74) is 1.92. The van der Waals surface area contributed by atoms with Crippen LogP contribution in [-0.2, 0) is 4.79 Å². The fourth-order valence-electron chi connectivity index (χ4n) is 3.18. The fraction of sp³-hybridized carbons (Fsp3) is 0.0833. The van der Waals surface area contributed by atoms with Crippen LogP contribution in [0.25, 0.3) is 6.08 Å². The standard InChI is InChI=1S/C24H18ClFN2OS/c1-16(17-9-4-2-5-10-17)28-23(29)22(15-19-20(25)13-8-14-21(19)26)30-24(28)27-18-11-6-3-7-12-18/h2-16H,1H3/b22-15+,27-24?/t16-/m0/s1. The van der Waals surface area contributed by atoms with Crippen LogP contribution in [0.2, 0.25) is 5.02 Å². The van der Waals surface area contributed by atoms with Gasteiger partial charge in [0.25, 0.3) is 5.91 Å². The molecule has 0 radical (unpaired) electrons. The zero-order valence-corrected chi connectivity index (χ0v) is 17.7. The summed E-state index contributed by atoms with van der Waals surface area (Å²) < 4.78 is 14.3. The van der Waals surface area contributed by atoms with E-state index in [1.165, 1.54) is 30.0 Å². The van der Waals surface area contributed by atoms with Gasteiger partial charge < -0.3 is 0 Å². The number of amidine groups is 1. The van der Waals surface area contributed by atoms with Crippen molar-refractivity contribution in [3.63, 3.8) is 0 Å². The molecule has 0 aromatic heterocycles. The third-order valence-electron chi connectivity index (χ3n) is 4.76. The van der Waals surface area contributed by atoms with Gasteiger partial charge in [-0.05, 0) is 54.6 Å². The SMILES string of the molecule is C[C@@H](c1ccccc1)N1C(=O)/C(=C\c2c(F)cccc2Cl)SC1=Nc1ccccc1. The summed E-state index contributed by atoms with van der Waals surface area (Å²) in [5, 5.41) is 0.799. The number of carbonyl (C=O) groups is 1. The lowest BCUT2D eigenvalue weighted by Gasteiger charge is -2.24. The van der Waals surface area contributed by atoms with Gasteiger partial charge in [0.1, 0.15) is 5.82 Å². The highest BCUT2D eigenvalue weighted by Gasteiger charge is 2.37. The number of halogens is 2. The van der Waals surface area contributed by atoms with E-state index >= 15 is 0 Å². The monoisotopic (exact) mass is 436 g/mol. The van der Waals surface area contributed by atoms with Crippen molar-refractivity contribution in [1.82, 2.24) is 4.90 Å². The number of thioether (sulfide) groups is 1. The maximum atomic E-state index is 14.3. The van der Waals surface area contributed by atoms with Crippen LogP contribution in [-0.4, -0.2) is 16.0 Å². The van der Waals surface area contributed by atoms with Gasteiger partial charge in [0, 0.05) is 5.56 Å². The summed E-state index contributed by atoms with van der Waals surface area (Å²) in [6, 6.07) is 23.4. The van der Waals surface area contributed by atoms with Crippen LogP contribution >= 0.6 is 23.4 Å². The lowest BCUT2D eigenvalue weighted by Crippen LogP contribution is -2.32. The summed E-state index contributed by atoms with van der Waals surface area (Å²) in [6.45, 7) is 1.95. The van der Waals surface area contributed by atoms with Crippen LogP contribution in [0.4, 0.5) is 10.1 Å². The third kappa shape index (κ3) is 4.18. The molecule has 30 heavy (non-hydrogen) atoms. The Balaban J connectivity index is 1.78. The molecule has 1 aliphatic rings. The normalized spacial score (nSPS) is 17.7. The summed E-state index contributed by atoms with van der Waals surface area (Å²) in [4.78, 5) is 20.0. The van der Waals surface area contributed by atoms with E-state index in [0.717, 1.165) is 11.3 Å². The molecular weight excluding hydrogens is 419 g/mol. The van der Waals surface area contributed by atoms with Gasteiger partial charge >= 0.3 is 0 Å². The van der Waals surface area contributed by atoms with Gasteiger partial charge in [-0.15, -0.1) is 0 Å². The first kappa shape index (κ1) is 20.4. The molecule has 0 bridgehead atoms. The Morgan fingerprint density at radius 2 is 1.67 bits per heavy atom. The van der Waals surface area contributed by atoms with Crippen LogP contribution in [0.1, 0.15) is 24.1 Å². The number of rotatable bonds is 4. The molecule has 1 heterocycles. The molecule has 1 aliphatic heterocycles. The van der Waals surface area contributed by atoms with Gasteiger partial charge in [-0.1, -0.05) is 66.2 Å². The molecule has 1 fully saturated rings. The number of carbonyl (C=O) groups excluding carboxylic acids is 1. The quantitative estimate of drug-likeness (QED) is 0.419. The number of para-hydroxylation sites is 1. The molecule has 0 N–H and O–H groups in total. The van der Waals surface area contributed by atoms with E-state index in [2.05, 4.69) is 0 Å². The first-order chi connectivity index (χ1) is 14.5. The Bertz CT molecular complexity index is 1110. The predicted octanol–water partition coefficient (Wildman–Crippen LogP) is 6.84. The number of hydrogen-bond acceptors (Lipinski definition) is 3. The van der Waals surface area contributed by atoms with Gasteiger partial charge in [0.15, 0.2) is 5.17 Å². The molecule has 3 nitrogen and oxygen atoms in total. The van der Waals surface area contributed by atoms with E-state index in [4.69, 9.17) is 16.6 Å². The van der Waals surface area contributed by atoms with Crippen molar-refractivity contribution in [2.45, 2.75) is 13.0 Å². The van der Waals surface area contributed by atoms with E-state index in [1.807, 2.05) is 67.6 Å². The Morgan fingerprint density at radius 1 is 1.00 bits per heavy atom. The average molecular weight is 437 g/mol. The highest BCUT2D eigenvalue weighted by Crippen LogP contribution is 2.40. The summed E-state index contributed by atoms with van der Waals surface area (Å²) >= 11 is 7.39. The molecule has 1 amide bonds. The summed E-state index contributed by atoms with van der Waals surface area (Å²) in [6.07, 6.45) is 1.50. The van der Waals surface area contributed by atoms with Gasteiger partial charge in [-0.2, -0.15) is 0 Å². The lowest BCUT2D eigenvalue weighted by molar-refractivity contribution is -0.123. The number of nitrogens with zero attached hydrogens (tertiary/aromatic N) is 2. The van der Waals surface area contributed by atoms with Gasteiger partial charge in [-0.3, -0.25) is 9.69 Å². The van der Waals surface area contributed by atoms with Gasteiger partial charge in [0.2, 0.25) is 0 Å². The molecule has 1 atom stereocenters. The third-order valence-corrected chi connectivity index (χ3v) is 6.07. The zero-order chi connectivity index (χ0) is 21.1. The minimum absolute atomic E-state index is 0.197. The van der Waals surface area contributed by atoms with Gasteiger partial charge in [-0.25, -0.2) is 9.38 Å². The van der Waals surface area contributed by atoms with E-state index < -0.39 is 5.82 Å². The number of hydrogen-bond donors (Lipinski definition) is 0. The second kappa shape index (κ2) is 8.86. The van der Waals surface area contributed by atoms with E-state index in [9.17, 15) is 9.18 Å². The van der Waals surface area contributed by atoms with Gasteiger partial charge in [0.05, 0.1) is 21.7 Å². The van der Waals surface area contributed by atoms with E-state index in [0.29, 0.717) is 10.1 Å².